The van der Waals surface area contributed by atoms with Gasteiger partial charge in [-0.25, -0.2) is 0 Å². The van der Waals surface area contributed by atoms with E-state index in [1.807, 2.05) is 42.5 Å². The van der Waals surface area contributed by atoms with Crippen molar-refractivity contribution in [2.45, 2.75) is 13.5 Å². The molecule has 0 atom stereocenters. The highest BCUT2D eigenvalue weighted by atomic mass is 16.5. The SMILES string of the molecule is COc1cc(COc2ccc(C)cc2)ccc1N. The van der Waals surface area contributed by atoms with Crippen molar-refractivity contribution < 1.29 is 9.47 Å². The zero-order chi connectivity index (χ0) is 13.0. The minimum absolute atomic E-state index is 0.500. The molecule has 0 aliphatic heterocycles. The summed E-state index contributed by atoms with van der Waals surface area (Å²) in [6, 6.07) is 13.6. The summed E-state index contributed by atoms with van der Waals surface area (Å²) in [7, 11) is 1.61. The Kier molecular flexibility index (Phi) is 3.72. The van der Waals surface area contributed by atoms with E-state index in [2.05, 4.69) is 6.92 Å². The summed E-state index contributed by atoms with van der Waals surface area (Å²) in [6.45, 7) is 2.55. The number of benzene rings is 2. The highest BCUT2D eigenvalue weighted by Crippen LogP contribution is 2.23. The molecule has 0 radical (unpaired) electrons. The summed E-state index contributed by atoms with van der Waals surface area (Å²) in [5, 5.41) is 0. The van der Waals surface area contributed by atoms with Crippen molar-refractivity contribution in [3.05, 3.63) is 53.6 Å². The van der Waals surface area contributed by atoms with Gasteiger partial charge in [-0.1, -0.05) is 23.8 Å². The number of nitrogens with two attached hydrogens (primary N) is 1. The quantitative estimate of drug-likeness (QED) is 0.839. The van der Waals surface area contributed by atoms with E-state index in [1.165, 1.54) is 5.56 Å². The Labute approximate surface area is 107 Å². The smallest absolute Gasteiger partial charge is 0.142 e. The summed E-state index contributed by atoms with van der Waals surface area (Å²) in [5.41, 5.74) is 8.64. The molecule has 2 aromatic rings. The van der Waals surface area contributed by atoms with Gasteiger partial charge in [-0.3, -0.25) is 0 Å². The molecule has 2 aromatic carbocycles. The van der Waals surface area contributed by atoms with Gasteiger partial charge in [0, 0.05) is 0 Å². The number of methoxy groups -OCH3 is 1. The fourth-order valence-corrected chi connectivity index (χ4v) is 1.65. The maximum Gasteiger partial charge on any atom is 0.142 e. The zero-order valence-electron chi connectivity index (χ0n) is 10.6. The first-order valence-electron chi connectivity index (χ1n) is 5.81. The number of anilines is 1. The maximum atomic E-state index is 5.76. The Morgan fingerprint density at radius 1 is 1.06 bits per heavy atom. The minimum Gasteiger partial charge on any atom is -0.495 e. The zero-order valence-corrected chi connectivity index (χ0v) is 10.6. The van der Waals surface area contributed by atoms with Crippen LogP contribution in [0.2, 0.25) is 0 Å². The van der Waals surface area contributed by atoms with Gasteiger partial charge < -0.3 is 15.2 Å². The number of hydrogen-bond donors (Lipinski definition) is 1. The Balaban J connectivity index is 2.04. The molecular formula is C15H17NO2. The van der Waals surface area contributed by atoms with E-state index in [1.54, 1.807) is 7.11 Å². The van der Waals surface area contributed by atoms with Gasteiger partial charge in [0.15, 0.2) is 0 Å². The van der Waals surface area contributed by atoms with Crippen molar-refractivity contribution in [2.24, 2.45) is 0 Å². The number of rotatable bonds is 4. The molecule has 0 fully saturated rings. The van der Waals surface area contributed by atoms with Crippen LogP contribution in [0.3, 0.4) is 0 Å². The number of nitrogen functional groups attached to an aromatic ring is 1. The standard InChI is InChI=1S/C15H17NO2/c1-11-3-6-13(7-4-11)18-10-12-5-8-14(16)15(9-12)17-2/h3-9H,10,16H2,1-2H3. The molecule has 0 saturated carbocycles. The summed E-state index contributed by atoms with van der Waals surface area (Å²) >= 11 is 0. The van der Waals surface area contributed by atoms with Gasteiger partial charge in [0.1, 0.15) is 18.1 Å². The van der Waals surface area contributed by atoms with Gasteiger partial charge in [-0.05, 0) is 36.8 Å². The van der Waals surface area contributed by atoms with Crippen LogP contribution in [-0.2, 0) is 6.61 Å². The minimum atomic E-state index is 0.500. The average Bonchev–Trinajstić information content (AvgIpc) is 2.39. The van der Waals surface area contributed by atoms with Crippen molar-refractivity contribution in [1.29, 1.82) is 0 Å². The van der Waals surface area contributed by atoms with Crippen molar-refractivity contribution in [2.75, 3.05) is 12.8 Å². The first-order chi connectivity index (χ1) is 8.69. The monoisotopic (exact) mass is 243 g/mol. The highest BCUT2D eigenvalue weighted by Gasteiger charge is 2.02. The van der Waals surface area contributed by atoms with Crippen LogP contribution in [0.1, 0.15) is 11.1 Å². The molecule has 0 spiro atoms. The predicted molar refractivity (Wildman–Crippen MR) is 72.9 cm³/mol. The molecule has 94 valence electrons. The van der Waals surface area contributed by atoms with E-state index in [-0.39, 0.29) is 0 Å². The van der Waals surface area contributed by atoms with E-state index < -0.39 is 0 Å². The van der Waals surface area contributed by atoms with E-state index in [0.29, 0.717) is 18.0 Å². The summed E-state index contributed by atoms with van der Waals surface area (Å²) in [6.07, 6.45) is 0. The van der Waals surface area contributed by atoms with Crippen molar-refractivity contribution >= 4 is 5.69 Å². The lowest BCUT2D eigenvalue weighted by atomic mass is 10.2. The Morgan fingerprint density at radius 3 is 2.44 bits per heavy atom. The number of ether oxygens (including phenoxy) is 2. The second-order valence-corrected chi connectivity index (χ2v) is 4.18. The van der Waals surface area contributed by atoms with Crippen molar-refractivity contribution in [1.82, 2.24) is 0 Å². The predicted octanol–water partition coefficient (Wildman–Crippen LogP) is 3.16. The van der Waals surface area contributed by atoms with Crippen LogP contribution in [0.25, 0.3) is 0 Å². The van der Waals surface area contributed by atoms with Crippen LogP contribution >= 0.6 is 0 Å². The first kappa shape index (κ1) is 12.3. The largest absolute Gasteiger partial charge is 0.495 e. The molecule has 0 unspecified atom stereocenters. The molecular weight excluding hydrogens is 226 g/mol. The molecule has 0 aliphatic rings. The third-order valence-corrected chi connectivity index (χ3v) is 2.72. The lowest BCUT2D eigenvalue weighted by Crippen LogP contribution is -1.98. The topological polar surface area (TPSA) is 44.5 Å². The molecule has 3 nitrogen and oxygen atoms in total. The molecule has 18 heavy (non-hydrogen) atoms. The van der Waals surface area contributed by atoms with Gasteiger partial charge in [0.05, 0.1) is 12.8 Å². The van der Waals surface area contributed by atoms with Gasteiger partial charge in [0.2, 0.25) is 0 Å². The number of aryl methyl sites for hydroxylation is 1. The summed E-state index contributed by atoms with van der Waals surface area (Å²) in [4.78, 5) is 0. The Bertz CT molecular complexity index is 521. The van der Waals surface area contributed by atoms with Gasteiger partial charge >= 0.3 is 0 Å². The molecule has 0 heterocycles. The number of hydrogen-bond acceptors (Lipinski definition) is 3. The fraction of sp³-hybridized carbons (Fsp3) is 0.200. The molecule has 0 amide bonds. The normalized spacial score (nSPS) is 10.1. The molecule has 0 aliphatic carbocycles. The van der Waals surface area contributed by atoms with Crippen LogP contribution in [-0.4, -0.2) is 7.11 Å². The van der Waals surface area contributed by atoms with Crippen LogP contribution in [0, 0.1) is 6.92 Å². The Hall–Kier alpha value is -2.16. The average molecular weight is 243 g/mol. The van der Waals surface area contributed by atoms with E-state index in [9.17, 15) is 0 Å². The van der Waals surface area contributed by atoms with Crippen molar-refractivity contribution in [3.8, 4) is 11.5 Å². The van der Waals surface area contributed by atoms with Crippen LogP contribution in [0.15, 0.2) is 42.5 Å². The fourth-order valence-electron chi connectivity index (χ4n) is 1.65. The van der Waals surface area contributed by atoms with Crippen LogP contribution in [0.4, 0.5) is 5.69 Å². The Morgan fingerprint density at radius 2 is 1.78 bits per heavy atom. The van der Waals surface area contributed by atoms with Crippen molar-refractivity contribution in [3.63, 3.8) is 0 Å². The van der Waals surface area contributed by atoms with E-state index in [4.69, 9.17) is 15.2 Å². The van der Waals surface area contributed by atoms with Gasteiger partial charge in [-0.15, -0.1) is 0 Å². The van der Waals surface area contributed by atoms with Crippen LogP contribution < -0.4 is 15.2 Å². The van der Waals surface area contributed by atoms with Gasteiger partial charge in [0.25, 0.3) is 0 Å². The van der Waals surface area contributed by atoms with E-state index >= 15 is 0 Å². The van der Waals surface area contributed by atoms with Crippen LogP contribution in [0.5, 0.6) is 11.5 Å². The maximum absolute atomic E-state index is 5.76. The first-order valence-corrected chi connectivity index (χ1v) is 5.81. The summed E-state index contributed by atoms with van der Waals surface area (Å²) in [5.74, 6) is 1.54. The highest BCUT2D eigenvalue weighted by molar-refractivity contribution is 5.53. The lowest BCUT2D eigenvalue weighted by Gasteiger charge is -2.09. The second kappa shape index (κ2) is 5.45. The molecule has 0 bridgehead atoms. The van der Waals surface area contributed by atoms with Gasteiger partial charge in [-0.2, -0.15) is 0 Å². The second-order valence-electron chi connectivity index (χ2n) is 4.18. The lowest BCUT2D eigenvalue weighted by molar-refractivity contribution is 0.305. The van der Waals surface area contributed by atoms with E-state index in [0.717, 1.165) is 11.3 Å². The molecule has 0 saturated heterocycles. The molecule has 3 heteroatoms. The summed E-state index contributed by atoms with van der Waals surface area (Å²) < 4.78 is 10.9. The molecule has 0 aromatic heterocycles. The molecule has 2 N–H and O–H groups in total. The third-order valence-electron chi connectivity index (χ3n) is 2.72. The third kappa shape index (κ3) is 2.94. The molecule has 2 rings (SSSR count).